The number of aromatic nitrogens is 1. The lowest BCUT2D eigenvalue weighted by atomic mass is 10.2. The Morgan fingerprint density at radius 2 is 1.97 bits per heavy atom. The third-order valence-corrected chi connectivity index (χ3v) is 5.88. The molecule has 2 aromatic heterocycles. The number of thiophene rings is 1. The molecule has 0 bridgehead atoms. The van der Waals surface area contributed by atoms with Gasteiger partial charge in [-0.3, -0.25) is 4.79 Å². The van der Waals surface area contributed by atoms with Gasteiger partial charge in [0, 0.05) is 23.8 Å². The summed E-state index contributed by atoms with van der Waals surface area (Å²) in [6, 6.07) is 16.6. The zero-order valence-corrected chi connectivity index (χ0v) is 17.5. The van der Waals surface area contributed by atoms with Crippen LogP contribution in [-0.2, 0) is 6.54 Å². The fourth-order valence-corrected chi connectivity index (χ4v) is 4.26. The molecule has 0 saturated heterocycles. The molecule has 0 aliphatic carbocycles. The standard InChI is InChI=1S/C22H20ClN3O3S/c23-19-8-7-18(30-19)21(28)25-17-6-2-4-15-13-26(22(29)20(15)17)12-14-3-1-5-16(11-14)24-9-10-27/h1-8,11,13,24,27,29H,9-10,12H2,(H,25,28). The third kappa shape index (κ3) is 4.28. The molecule has 0 unspecified atom stereocenters. The van der Waals surface area contributed by atoms with Gasteiger partial charge in [-0.1, -0.05) is 35.9 Å². The monoisotopic (exact) mass is 441 g/mol. The van der Waals surface area contributed by atoms with E-state index in [1.54, 1.807) is 22.8 Å². The fourth-order valence-electron chi connectivity index (χ4n) is 3.32. The van der Waals surface area contributed by atoms with Crippen LogP contribution in [0.25, 0.3) is 10.8 Å². The number of aromatic hydroxyl groups is 1. The fraction of sp³-hybridized carbons (Fsp3) is 0.136. The molecule has 4 aromatic rings. The first-order valence-electron chi connectivity index (χ1n) is 9.36. The zero-order valence-electron chi connectivity index (χ0n) is 15.9. The van der Waals surface area contributed by atoms with Gasteiger partial charge in [0.25, 0.3) is 5.91 Å². The lowest BCUT2D eigenvalue weighted by Gasteiger charge is -2.09. The Morgan fingerprint density at radius 1 is 1.13 bits per heavy atom. The molecule has 2 heterocycles. The van der Waals surface area contributed by atoms with E-state index in [-0.39, 0.29) is 18.4 Å². The number of amides is 1. The second-order valence-corrected chi connectivity index (χ2v) is 8.47. The number of nitrogens with zero attached hydrogens (tertiary/aromatic N) is 1. The summed E-state index contributed by atoms with van der Waals surface area (Å²) < 4.78 is 2.29. The van der Waals surface area contributed by atoms with Crippen LogP contribution in [0.2, 0.25) is 4.34 Å². The third-order valence-electron chi connectivity index (χ3n) is 4.65. The van der Waals surface area contributed by atoms with E-state index in [9.17, 15) is 9.90 Å². The predicted molar refractivity (Wildman–Crippen MR) is 122 cm³/mol. The molecule has 0 aliphatic heterocycles. The van der Waals surface area contributed by atoms with Crippen LogP contribution in [0.15, 0.2) is 60.8 Å². The summed E-state index contributed by atoms with van der Waals surface area (Å²) in [6.45, 7) is 0.990. The van der Waals surface area contributed by atoms with Crippen LogP contribution in [0, 0.1) is 0 Å². The molecule has 2 aromatic carbocycles. The molecule has 8 heteroatoms. The molecule has 0 saturated carbocycles. The maximum Gasteiger partial charge on any atom is 0.265 e. The minimum Gasteiger partial charge on any atom is -0.494 e. The van der Waals surface area contributed by atoms with Crippen molar-refractivity contribution in [3.8, 4) is 5.88 Å². The maximum atomic E-state index is 12.5. The van der Waals surface area contributed by atoms with Crippen molar-refractivity contribution in [1.29, 1.82) is 0 Å². The number of carbonyl (C=O) groups excluding carboxylic acids is 1. The van der Waals surface area contributed by atoms with E-state index in [1.165, 1.54) is 11.3 Å². The van der Waals surface area contributed by atoms with E-state index < -0.39 is 0 Å². The van der Waals surface area contributed by atoms with Gasteiger partial charge in [-0.25, -0.2) is 0 Å². The molecular weight excluding hydrogens is 422 g/mol. The van der Waals surface area contributed by atoms with Gasteiger partial charge < -0.3 is 25.4 Å². The molecule has 154 valence electrons. The molecule has 6 nitrogen and oxygen atoms in total. The quantitative estimate of drug-likeness (QED) is 0.333. The topological polar surface area (TPSA) is 86.5 Å². The van der Waals surface area contributed by atoms with Crippen molar-refractivity contribution in [2.75, 3.05) is 23.8 Å². The molecular formula is C22H20ClN3O3S. The van der Waals surface area contributed by atoms with Gasteiger partial charge in [0.15, 0.2) is 0 Å². The van der Waals surface area contributed by atoms with Crippen LogP contribution in [0.1, 0.15) is 15.2 Å². The van der Waals surface area contributed by atoms with Crippen molar-refractivity contribution in [2.45, 2.75) is 6.54 Å². The number of hydrogen-bond acceptors (Lipinski definition) is 5. The number of carbonyl (C=O) groups is 1. The van der Waals surface area contributed by atoms with E-state index in [2.05, 4.69) is 10.6 Å². The summed E-state index contributed by atoms with van der Waals surface area (Å²) >= 11 is 7.13. The summed E-state index contributed by atoms with van der Waals surface area (Å²) in [4.78, 5) is 13.0. The average molecular weight is 442 g/mol. The van der Waals surface area contributed by atoms with Crippen LogP contribution in [0.5, 0.6) is 5.88 Å². The van der Waals surface area contributed by atoms with Crippen LogP contribution in [-0.4, -0.2) is 33.8 Å². The van der Waals surface area contributed by atoms with E-state index in [4.69, 9.17) is 16.7 Å². The Hall–Kier alpha value is -3.00. The van der Waals surface area contributed by atoms with Gasteiger partial charge in [0.05, 0.1) is 33.4 Å². The van der Waals surface area contributed by atoms with Gasteiger partial charge in [0.2, 0.25) is 5.88 Å². The minimum atomic E-state index is -0.269. The largest absolute Gasteiger partial charge is 0.494 e. The molecule has 4 rings (SSSR count). The van der Waals surface area contributed by atoms with Crippen LogP contribution >= 0.6 is 22.9 Å². The van der Waals surface area contributed by atoms with Crippen molar-refractivity contribution in [3.63, 3.8) is 0 Å². The highest BCUT2D eigenvalue weighted by atomic mass is 35.5. The van der Waals surface area contributed by atoms with E-state index in [0.29, 0.717) is 33.4 Å². The summed E-state index contributed by atoms with van der Waals surface area (Å²) in [5, 5.41) is 27.3. The Bertz CT molecular complexity index is 1200. The van der Waals surface area contributed by atoms with E-state index >= 15 is 0 Å². The molecule has 0 spiro atoms. The number of aliphatic hydroxyl groups excluding tert-OH is 1. The summed E-state index contributed by atoms with van der Waals surface area (Å²) in [7, 11) is 0. The highest BCUT2D eigenvalue weighted by Gasteiger charge is 2.16. The lowest BCUT2D eigenvalue weighted by Crippen LogP contribution is -2.10. The van der Waals surface area contributed by atoms with Gasteiger partial charge in [-0.05, 0) is 35.9 Å². The number of halogens is 1. The number of nitrogens with one attached hydrogen (secondary N) is 2. The summed E-state index contributed by atoms with van der Waals surface area (Å²) in [5.74, 6) is -0.187. The van der Waals surface area contributed by atoms with Crippen molar-refractivity contribution in [1.82, 2.24) is 4.57 Å². The number of benzene rings is 2. The average Bonchev–Trinajstić information content (AvgIpc) is 3.31. The van der Waals surface area contributed by atoms with Crippen molar-refractivity contribution in [2.24, 2.45) is 0 Å². The van der Waals surface area contributed by atoms with Crippen molar-refractivity contribution < 1.29 is 15.0 Å². The first-order valence-corrected chi connectivity index (χ1v) is 10.6. The number of rotatable bonds is 7. The molecule has 30 heavy (non-hydrogen) atoms. The molecule has 0 atom stereocenters. The number of aliphatic hydroxyl groups is 1. The normalized spacial score (nSPS) is 11.0. The Kier molecular flexibility index (Phi) is 5.94. The van der Waals surface area contributed by atoms with Crippen LogP contribution in [0.3, 0.4) is 0 Å². The smallest absolute Gasteiger partial charge is 0.265 e. The second-order valence-electron chi connectivity index (χ2n) is 6.76. The van der Waals surface area contributed by atoms with Crippen molar-refractivity contribution >= 4 is 51.0 Å². The number of hydrogen-bond donors (Lipinski definition) is 4. The first-order chi connectivity index (χ1) is 14.5. The Labute approximate surface area is 182 Å². The number of anilines is 2. The van der Waals surface area contributed by atoms with Crippen LogP contribution < -0.4 is 10.6 Å². The molecule has 1 amide bonds. The van der Waals surface area contributed by atoms with E-state index in [1.807, 2.05) is 42.6 Å². The van der Waals surface area contributed by atoms with Gasteiger partial charge in [-0.2, -0.15) is 0 Å². The zero-order chi connectivity index (χ0) is 21.1. The highest BCUT2D eigenvalue weighted by Crippen LogP contribution is 2.35. The predicted octanol–water partition coefficient (Wildman–Crippen LogP) is 4.77. The van der Waals surface area contributed by atoms with Crippen LogP contribution in [0.4, 0.5) is 11.4 Å². The van der Waals surface area contributed by atoms with Gasteiger partial charge >= 0.3 is 0 Å². The summed E-state index contributed by atoms with van der Waals surface area (Å²) in [5.41, 5.74) is 2.43. The lowest BCUT2D eigenvalue weighted by molar-refractivity contribution is 0.103. The minimum absolute atomic E-state index is 0.0557. The van der Waals surface area contributed by atoms with Gasteiger partial charge in [-0.15, -0.1) is 11.3 Å². The Morgan fingerprint density at radius 3 is 2.73 bits per heavy atom. The highest BCUT2D eigenvalue weighted by molar-refractivity contribution is 7.18. The van der Waals surface area contributed by atoms with Crippen molar-refractivity contribution in [3.05, 3.63) is 75.6 Å². The molecule has 0 aliphatic rings. The molecule has 0 fully saturated rings. The first kappa shape index (κ1) is 20.3. The number of fused-ring (bicyclic) bond motifs is 1. The molecule has 0 radical (unpaired) electrons. The van der Waals surface area contributed by atoms with E-state index in [0.717, 1.165) is 16.6 Å². The molecule has 4 N–H and O–H groups in total. The maximum absolute atomic E-state index is 12.5. The Balaban J connectivity index is 1.61. The second kappa shape index (κ2) is 8.79. The van der Waals surface area contributed by atoms with Gasteiger partial charge in [0.1, 0.15) is 0 Å². The SMILES string of the molecule is O=C(Nc1cccc2cn(Cc3cccc(NCCO)c3)c(O)c12)c1ccc(Cl)s1. The summed E-state index contributed by atoms with van der Waals surface area (Å²) in [6.07, 6.45) is 1.86.